The Morgan fingerprint density at radius 1 is 1.80 bits per heavy atom. The van der Waals surface area contributed by atoms with Crippen LogP contribution in [0.5, 0.6) is 0 Å². The Hall–Kier alpha value is -1.38. The summed E-state index contributed by atoms with van der Waals surface area (Å²) in [6, 6.07) is 1.40. The molecule has 0 atom stereocenters. The molecule has 3 heteroatoms. The normalized spacial score (nSPS) is 9.30. The number of allylic oxidation sites excluding steroid dienone is 1. The zero-order valence-electron chi connectivity index (χ0n) is 5.74. The monoisotopic (exact) mass is 136 g/mol. The van der Waals surface area contributed by atoms with Crippen LogP contribution in [-0.2, 0) is 0 Å². The lowest BCUT2D eigenvalue weighted by Gasteiger charge is -1.99. The van der Waals surface area contributed by atoms with Crippen LogP contribution in [0.3, 0.4) is 0 Å². The zero-order valence-corrected chi connectivity index (χ0v) is 5.74. The maximum Gasteiger partial charge on any atom is 0.257 e. The van der Waals surface area contributed by atoms with E-state index in [1.165, 1.54) is 23.2 Å². The SMILES string of the molecule is C=C(C)n1cnccc1=O. The van der Waals surface area contributed by atoms with Gasteiger partial charge in [-0.3, -0.25) is 9.36 Å². The van der Waals surface area contributed by atoms with Gasteiger partial charge in [0, 0.05) is 18.0 Å². The molecular formula is C7H8N2O. The highest BCUT2D eigenvalue weighted by Crippen LogP contribution is 1.90. The summed E-state index contributed by atoms with van der Waals surface area (Å²) in [5.41, 5.74) is 0.584. The van der Waals surface area contributed by atoms with Crippen LogP contribution in [0.4, 0.5) is 0 Å². The minimum absolute atomic E-state index is 0.0949. The highest BCUT2D eigenvalue weighted by molar-refractivity contribution is 5.36. The predicted molar refractivity (Wildman–Crippen MR) is 39.5 cm³/mol. The van der Waals surface area contributed by atoms with Gasteiger partial charge >= 0.3 is 0 Å². The summed E-state index contributed by atoms with van der Waals surface area (Å²) in [4.78, 5) is 14.7. The standard InChI is InChI=1S/C7H8N2O/c1-6(2)9-5-8-4-3-7(9)10/h3-5H,1H2,2H3. The van der Waals surface area contributed by atoms with Gasteiger partial charge in [0.25, 0.3) is 5.56 Å². The Morgan fingerprint density at radius 3 is 2.90 bits per heavy atom. The van der Waals surface area contributed by atoms with Crippen molar-refractivity contribution in [2.75, 3.05) is 0 Å². The number of rotatable bonds is 1. The first kappa shape index (κ1) is 6.74. The quantitative estimate of drug-likeness (QED) is 0.570. The molecule has 0 aromatic carbocycles. The van der Waals surface area contributed by atoms with E-state index in [4.69, 9.17) is 0 Å². The Kier molecular flexibility index (Phi) is 1.67. The van der Waals surface area contributed by atoms with Gasteiger partial charge in [-0.25, -0.2) is 4.98 Å². The maximum absolute atomic E-state index is 10.9. The van der Waals surface area contributed by atoms with Gasteiger partial charge in [-0.05, 0) is 6.92 Å². The number of aromatic nitrogens is 2. The van der Waals surface area contributed by atoms with E-state index in [-0.39, 0.29) is 5.56 Å². The molecule has 0 amide bonds. The van der Waals surface area contributed by atoms with Crippen LogP contribution in [0.1, 0.15) is 6.92 Å². The fourth-order valence-corrected chi connectivity index (χ4v) is 0.636. The lowest BCUT2D eigenvalue weighted by Crippen LogP contribution is -2.15. The lowest BCUT2D eigenvalue weighted by atomic mass is 10.5. The molecule has 1 heterocycles. The molecule has 0 N–H and O–H groups in total. The van der Waals surface area contributed by atoms with Crippen molar-refractivity contribution in [1.29, 1.82) is 0 Å². The minimum atomic E-state index is -0.0949. The summed E-state index contributed by atoms with van der Waals surface area (Å²) < 4.78 is 1.39. The van der Waals surface area contributed by atoms with E-state index in [1.807, 2.05) is 0 Å². The molecule has 3 nitrogen and oxygen atoms in total. The summed E-state index contributed by atoms with van der Waals surface area (Å²) in [5.74, 6) is 0. The number of hydrogen-bond acceptors (Lipinski definition) is 2. The summed E-state index contributed by atoms with van der Waals surface area (Å²) in [6.45, 7) is 5.36. The molecule has 0 radical (unpaired) electrons. The van der Waals surface area contributed by atoms with Gasteiger partial charge in [0.2, 0.25) is 0 Å². The van der Waals surface area contributed by atoms with E-state index in [2.05, 4.69) is 11.6 Å². The average Bonchev–Trinajstić information content (AvgIpc) is 1.88. The fourth-order valence-electron chi connectivity index (χ4n) is 0.636. The highest BCUT2D eigenvalue weighted by atomic mass is 16.1. The van der Waals surface area contributed by atoms with Gasteiger partial charge in [0.05, 0.1) is 0 Å². The van der Waals surface area contributed by atoms with Crippen molar-refractivity contribution in [3.05, 3.63) is 35.5 Å². The van der Waals surface area contributed by atoms with E-state index in [0.29, 0.717) is 5.70 Å². The summed E-state index contributed by atoms with van der Waals surface area (Å²) in [6.07, 6.45) is 2.91. The van der Waals surface area contributed by atoms with Crippen LogP contribution >= 0.6 is 0 Å². The highest BCUT2D eigenvalue weighted by Gasteiger charge is 1.91. The third-order valence-corrected chi connectivity index (χ3v) is 1.13. The van der Waals surface area contributed by atoms with Gasteiger partial charge in [-0.1, -0.05) is 6.58 Å². The molecule has 0 aliphatic carbocycles. The molecule has 0 aliphatic heterocycles. The second-order valence-electron chi connectivity index (χ2n) is 2.02. The Labute approximate surface area is 58.6 Å². The lowest BCUT2D eigenvalue weighted by molar-refractivity contribution is 0.953. The zero-order chi connectivity index (χ0) is 7.56. The molecule has 1 aromatic rings. The molecule has 10 heavy (non-hydrogen) atoms. The first-order valence-corrected chi connectivity index (χ1v) is 2.90. The Morgan fingerprint density at radius 2 is 2.50 bits per heavy atom. The van der Waals surface area contributed by atoms with Gasteiger partial charge in [-0.2, -0.15) is 0 Å². The second-order valence-corrected chi connectivity index (χ2v) is 2.02. The summed E-state index contributed by atoms with van der Waals surface area (Å²) in [7, 11) is 0. The largest absolute Gasteiger partial charge is 0.272 e. The van der Waals surface area contributed by atoms with E-state index >= 15 is 0 Å². The van der Waals surface area contributed by atoms with Crippen molar-refractivity contribution < 1.29 is 0 Å². The third-order valence-electron chi connectivity index (χ3n) is 1.13. The molecule has 0 unspecified atom stereocenters. The van der Waals surface area contributed by atoms with Crippen LogP contribution in [-0.4, -0.2) is 9.55 Å². The molecule has 0 fully saturated rings. The number of hydrogen-bond donors (Lipinski definition) is 0. The molecule has 0 aliphatic rings. The van der Waals surface area contributed by atoms with Crippen molar-refractivity contribution in [1.82, 2.24) is 9.55 Å². The Balaban J connectivity index is 3.29. The molecule has 1 aromatic heterocycles. The summed E-state index contributed by atoms with van der Waals surface area (Å²) in [5, 5.41) is 0. The van der Waals surface area contributed by atoms with E-state index in [9.17, 15) is 4.79 Å². The first-order chi connectivity index (χ1) is 4.72. The van der Waals surface area contributed by atoms with Crippen molar-refractivity contribution in [3.63, 3.8) is 0 Å². The minimum Gasteiger partial charge on any atom is -0.272 e. The fraction of sp³-hybridized carbons (Fsp3) is 0.143. The average molecular weight is 136 g/mol. The van der Waals surface area contributed by atoms with Gasteiger partial charge in [0.1, 0.15) is 6.33 Å². The third kappa shape index (κ3) is 1.13. The van der Waals surface area contributed by atoms with Crippen molar-refractivity contribution >= 4 is 5.70 Å². The van der Waals surface area contributed by atoms with Crippen molar-refractivity contribution in [2.45, 2.75) is 6.92 Å². The Bertz CT molecular complexity index is 300. The topological polar surface area (TPSA) is 34.9 Å². The van der Waals surface area contributed by atoms with Crippen molar-refractivity contribution in [3.8, 4) is 0 Å². The molecule has 0 saturated heterocycles. The van der Waals surface area contributed by atoms with Gasteiger partial charge < -0.3 is 0 Å². The smallest absolute Gasteiger partial charge is 0.257 e. The molecular weight excluding hydrogens is 128 g/mol. The van der Waals surface area contributed by atoms with E-state index < -0.39 is 0 Å². The summed E-state index contributed by atoms with van der Waals surface area (Å²) >= 11 is 0. The molecule has 0 saturated carbocycles. The predicted octanol–water partition coefficient (Wildman–Crippen LogP) is 0.734. The van der Waals surface area contributed by atoms with Crippen LogP contribution < -0.4 is 5.56 Å². The maximum atomic E-state index is 10.9. The van der Waals surface area contributed by atoms with Crippen LogP contribution in [0.15, 0.2) is 30.0 Å². The van der Waals surface area contributed by atoms with Crippen LogP contribution in [0.2, 0.25) is 0 Å². The van der Waals surface area contributed by atoms with Crippen LogP contribution in [0, 0.1) is 0 Å². The molecule has 52 valence electrons. The van der Waals surface area contributed by atoms with Crippen LogP contribution in [0.25, 0.3) is 5.70 Å². The molecule has 0 spiro atoms. The first-order valence-electron chi connectivity index (χ1n) is 2.90. The van der Waals surface area contributed by atoms with Gasteiger partial charge in [0.15, 0.2) is 0 Å². The van der Waals surface area contributed by atoms with E-state index in [1.54, 1.807) is 6.92 Å². The van der Waals surface area contributed by atoms with Gasteiger partial charge in [-0.15, -0.1) is 0 Å². The molecule has 1 rings (SSSR count). The number of nitrogens with zero attached hydrogens (tertiary/aromatic N) is 2. The molecule has 0 bridgehead atoms. The second kappa shape index (κ2) is 2.47. The van der Waals surface area contributed by atoms with Crippen molar-refractivity contribution in [2.24, 2.45) is 0 Å². The van der Waals surface area contributed by atoms with E-state index in [0.717, 1.165) is 0 Å².